The van der Waals surface area contributed by atoms with E-state index in [0.29, 0.717) is 16.3 Å². The minimum absolute atomic E-state index is 0.134. The first-order valence-electron chi connectivity index (χ1n) is 4.67. The molecule has 2 rings (SSSR count). The Morgan fingerprint density at radius 2 is 2.00 bits per heavy atom. The number of hydrogen-bond donors (Lipinski definition) is 0. The van der Waals surface area contributed by atoms with Crippen molar-refractivity contribution in [3.05, 3.63) is 18.2 Å². The molecule has 1 heterocycles. The normalized spacial score (nSPS) is 15.3. The third-order valence-corrected chi connectivity index (χ3v) is 2.53. The van der Waals surface area contributed by atoms with E-state index >= 15 is 0 Å². The zero-order chi connectivity index (χ0) is 11.9. The molecule has 0 radical (unpaired) electrons. The summed E-state index contributed by atoms with van der Waals surface area (Å²) in [5.41, 5.74) is 0.608. The van der Waals surface area contributed by atoms with Gasteiger partial charge in [0.2, 0.25) is 0 Å². The lowest BCUT2D eigenvalue weighted by Gasteiger charge is -2.21. The molecule has 3 nitrogen and oxygen atoms in total. The number of methoxy groups -OCH3 is 1. The smallest absolute Gasteiger partial charge is 0.486 e. The van der Waals surface area contributed by atoms with E-state index in [-0.39, 0.29) is 12.4 Å². The summed E-state index contributed by atoms with van der Waals surface area (Å²) < 4.78 is 43.2. The van der Waals surface area contributed by atoms with Crippen molar-refractivity contribution in [2.75, 3.05) is 30.6 Å². The monoisotopic (exact) mass is 232 g/mol. The van der Waals surface area contributed by atoms with Crippen LogP contribution in [-0.4, -0.2) is 27.1 Å². The molecule has 0 aliphatic carbocycles. The van der Waals surface area contributed by atoms with E-state index in [0.717, 1.165) is 0 Å². The number of para-hydroxylation sites is 1. The maximum atomic E-state index is 12.7. The van der Waals surface area contributed by atoms with Crippen molar-refractivity contribution in [2.45, 2.75) is 6.30 Å². The Kier molecular flexibility index (Phi) is 2.36. The van der Waals surface area contributed by atoms with Crippen LogP contribution in [0.3, 0.4) is 0 Å². The molecule has 0 unspecified atom stereocenters. The lowest BCUT2D eigenvalue weighted by atomic mass is 10.2. The highest BCUT2D eigenvalue weighted by Crippen LogP contribution is 2.45. The number of hydrogen-bond acceptors (Lipinski definition) is 3. The second-order valence-electron chi connectivity index (χ2n) is 3.56. The van der Waals surface area contributed by atoms with Crippen molar-refractivity contribution in [1.82, 2.24) is 0 Å². The summed E-state index contributed by atoms with van der Waals surface area (Å²) >= 11 is 0. The molecular weight excluding hydrogens is 221 g/mol. The molecule has 88 valence electrons. The lowest BCUT2D eigenvalue weighted by Crippen LogP contribution is -2.39. The molecule has 0 N–H and O–H groups in total. The van der Waals surface area contributed by atoms with E-state index in [1.54, 1.807) is 19.2 Å². The number of ether oxygens (including phenoxy) is 1. The van der Waals surface area contributed by atoms with Crippen LogP contribution in [0, 0.1) is 0 Å². The molecule has 0 fully saturated rings. The molecule has 0 spiro atoms. The van der Waals surface area contributed by atoms with Crippen LogP contribution >= 0.6 is 0 Å². The van der Waals surface area contributed by atoms with Gasteiger partial charge in [0.25, 0.3) is 0 Å². The second kappa shape index (κ2) is 3.47. The third-order valence-electron chi connectivity index (χ3n) is 2.53. The van der Waals surface area contributed by atoms with E-state index in [2.05, 4.69) is 0 Å². The highest BCUT2D eigenvalue weighted by Gasteiger charge is 2.43. The van der Waals surface area contributed by atoms with Crippen molar-refractivity contribution in [3.63, 3.8) is 0 Å². The van der Waals surface area contributed by atoms with Crippen molar-refractivity contribution in [2.24, 2.45) is 0 Å². The van der Waals surface area contributed by atoms with Gasteiger partial charge in [-0.05, 0) is 12.1 Å². The standard InChI is InChI=1S/C10H11F3N2O/c1-14-6-15(10(11,12)13)7-4-3-5-8(16-2)9(7)14/h3-5H,6H2,1-2H3. The predicted molar refractivity (Wildman–Crippen MR) is 54.8 cm³/mol. The molecule has 1 aromatic rings. The van der Waals surface area contributed by atoms with Gasteiger partial charge in [-0.2, -0.15) is 13.2 Å². The first-order valence-corrected chi connectivity index (χ1v) is 4.67. The fourth-order valence-corrected chi connectivity index (χ4v) is 1.85. The van der Waals surface area contributed by atoms with Gasteiger partial charge in [0.05, 0.1) is 19.5 Å². The third kappa shape index (κ3) is 1.54. The predicted octanol–water partition coefficient (Wildman–Crippen LogP) is 2.43. The van der Waals surface area contributed by atoms with Gasteiger partial charge in [-0.15, -0.1) is 0 Å². The highest BCUT2D eigenvalue weighted by molar-refractivity contribution is 5.81. The van der Waals surface area contributed by atoms with Crippen LogP contribution in [0.5, 0.6) is 5.75 Å². The Morgan fingerprint density at radius 1 is 1.31 bits per heavy atom. The van der Waals surface area contributed by atoms with E-state index in [4.69, 9.17) is 4.74 Å². The van der Waals surface area contributed by atoms with E-state index < -0.39 is 6.30 Å². The Labute approximate surface area is 91.0 Å². The van der Waals surface area contributed by atoms with Crippen LogP contribution in [0.1, 0.15) is 0 Å². The zero-order valence-corrected chi connectivity index (χ0v) is 8.88. The van der Waals surface area contributed by atoms with E-state index in [1.807, 2.05) is 0 Å². The molecule has 1 aliphatic heterocycles. The maximum absolute atomic E-state index is 12.7. The second-order valence-corrected chi connectivity index (χ2v) is 3.56. The first kappa shape index (κ1) is 10.9. The minimum atomic E-state index is -4.37. The van der Waals surface area contributed by atoms with Gasteiger partial charge < -0.3 is 9.64 Å². The number of benzene rings is 1. The van der Waals surface area contributed by atoms with Gasteiger partial charge in [0.1, 0.15) is 11.4 Å². The summed E-state index contributed by atoms with van der Waals surface area (Å²) in [7, 11) is 3.05. The molecule has 6 heteroatoms. The molecule has 1 aliphatic rings. The number of fused-ring (bicyclic) bond motifs is 1. The van der Waals surface area contributed by atoms with Gasteiger partial charge in [0.15, 0.2) is 0 Å². The van der Waals surface area contributed by atoms with Crippen molar-refractivity contribution < 1.29 is 17.9 Å². The van der Waals surface area contributed by atoms with Crippen LogP contribution < -0.4 is 14.5 Å². The van der Waals surface area contributed by atoms with Gasteiger partial charge >= 0.3 is 6.30 Å². The molecular formula is C10H11F3N2O. The lowest BCUT2D eigenvalue weighted by molar-refractivity contribution is -0.127. The summed E-state index contributed by atoms with van der Waals surface area (Å²) in [6.07, 6.45) is -4.37. The van der Waals surface area contributed by atoms with Crippen molar-refractivity contribution in [3.8, 4) is 5.75 Å². The van der Waals surface area contributed by atoms with Crippen LogP contribution in [0.15, 0.2) is 18.2 Å². The Morgan fingerprint density at radius 3 is 2.56 bits per heavy atom. The van der Waals surface area contributed by atoms with Gasteiger partial charge in [-0.1, -0.05) is 6.07 Å². The topological polar surface area (TPSA) is 15.7 Å². The minimum Gasteiger partial charge on any atom is -0.495 e. The Bertz CT molecular complexity index is 406. The van der Waals surface area contributed by atoms with Crippen LogP contribution in [0.25, 0.3) is 0 Å². The van der Waals surface area contributed by atoms with Crippen LogP contribution in [-0.2, 0) is 0 Å². The number of anilines is 2. The fraction of sp³-hybridized carbons (Fsp3) is 0.400. The summed E-state index contributed by atoms with van der Waals surface area (Å²) in [6, 6.07) is 4.64. The van der Waals surface area contributed by atoms with E-state index in [1.165, 1.54) is 18.1 Å². The largest absolute Gasteiger partial charge is 0.495 e. The summed E-state index contributed by atoms with van der Waals surface area (Å²) in [5, 5.41) is 0. The molecule has 0 atom stereocenters. The molecule has 16 heavy (non-hydrogen) atoms. The number of halogens is 3. The molecule has 0 saturated carbocycles. The summed E-state index contributed by atoms with van der Waals surface area (Å²) in [6.45, 7) is -0.209. The molecule has 0 bridgehead atoms. The summed E-state index contributed by atoms with van der Waals surface area (Å²) in [5.74, 6) is 0.451. The molecule has 1 aromatic carbocycles. The average Bonchev–Trinajstić information content (AvgIpc) is 2.56. The summed E-state index contributed by atoms with van der Waals surface area (Å²) in [4.78, 5) is 1.91. The fourth-order valence-electron chi connectivity index (χ4n) is 1.85. The molecule has 0 saturated heterocycles. The zero-order valence-electron chi connectivity index (χ0n) is 8.88. The van der Waals surface area contributed by atoms with Gasteiger partial charge in [-0.3, -0.25) is 4.90 Å². The van der Waals surface area contributed by atoms with Crippen LogP contribution in [0.4, 0.5) is 24.5 Å². The van der Waals surface area contributed by atoms with Gasteiger partial charge in [0, 0.05) is 7.05 Å². The van der Waals surface area contributed by atoms with E-state index in [9.17, 15) is 13.2 Å². The quantitative estimate of drug-likeness (QED) is 0.691. The van der Waals surface area contributed by atoms with Crippen molar-refractivity contribution >= 4 is 11.4 Å². The number of alkyl halides is 3. The first-order chi connectivity index (χ1) is 7.45. The SMILES string of the molecule is COc1cccc2c1N(C)CN2C(F)(F)F. The Balaban J connectivity index is 2.51. The Hall–Kier alpha value is -1.59. The highest BCUT2D eigenvalue weighted by atomic mass is 19.4. The molecule has 0 amide bonds. The number of nitrogens with zero attached hydrogens (tertiary/aromatic N) is 2. The average molecular weight is 232 g/mol. The van der Waals surface area contributed by atoms with Crippen LogP contribution in [0.2, 0.25) is 0 Å². The molecule has 0 aromatic heterocycles. The maximum Gasteiger partial charge on any atom is 0.486 e. The van der Waals surface area contributed by atoms with Crippen molar-refractivity contribution in [1.29, 1.82) is 0 Å². The van der Waals surface area contributed by atoms with Gasteiger partial charge in [-0.25, -0.2) is 0 Å². The number of rotatable bonds is 1.